The van der Waals surface area contributed by atoms with Gasteiger partial charge in [-0.05, 0) is 60.4 Å². The highest BCUT2D eigenvalue weighted by atomic mass is 16.5. The van der Waals surface area contributed by atoms with Gasteiger partial charge in [0.25, 0.3) is 0 Å². The van der Waals surface area contributed by atoms with Crippen molar-refractivity contribution >= 4 is 24.1 Å². The fourth-order valence-corrected chi connectivity index (χ4v) is 5.37. The van der Waals surface area contributed by atoms with Gasteiger partial charge in [-0.2, -0.15) is 0 Å². The molecule has 0 fully saturated rings. The van der Waals surface area contributed by atoms with Gasteiger partial charge in [-0.3, -0.25) is 0 Å². The van der Waals surface area contributed by atoms with Crippen molar-refractivity contribution in [3.8, 4) is 5.75 Å². The number of carbonyl (C=O) groups is 2. The van der Waals surface area contributed by atoms with Gasteiger partial charge < -0.3 is 24.1 Å². The van der Waals surface area contributed by atoms with Gasteiger partial charge >= 0.3 is 11.9 Å². The highest BCUT2D eigenvalue weighted by molar-refractivity contribution is 6.00. The molecule has 4 aromatic rings. The summed E-state index contributed by atoms with van der Waals surface area (Å²) in [5, 5.41) is 3.18. The van der Waals surface area contributed by atoms with E-state index in [1.807, 2.05) is 95.7 Å². The van der Waals surface area contributed by atoms with E-state index in [0.717, 1.165) is 23.2 Å². The summed E-state index contributed by atoms with van der Waals surface area (Å²) in [6, 6.07) is 25.5. The minimum Gasteiger partial charge on any atom is -0.490 e. The number of dihydropyridines is 1. The summed E-state index contributed by atoms with van der Waals surface area (Å²) in [6.07, 6.45) is 13.1. The van der Waals surface area contributed by atoms with Crippen molar-refractivity contribution in [2.45, 2.75) is 26.3 Å². The second kappa shape index (κ2) is 15.4. The van der Waals surface area contributed by atoms with E-state index < -0.39 is 17.9 Å². The standard InChI is InChI=1S/C38H37N3O5/c1-27-34(37(42)44-3)36(32-14-7-15-33(24-32)45-22-8-12-29-10-5-4-6-11-29)35(28(2)40-27)38(43)46-23-9-13-30-16-18-31(19-17-30)25-41-21-20-39-26-41/h4-21,24,26,36,40H,22-23,25H2,1-3H3. The topological polar surface area (TPSA) is 91.7 Å². The number of allylic oxidation sites excluding steroid dienone is 2. The molecule has 1 atom stereocenters. The first-order valence-corrected chi connectivity index (χ1v) is 15.0. The molecular weight excluding hydrogens is 578 g/mol. The van der Waals surface area contributed by atoms with Crippen LogP contribution < -0.4 is 10.1 Å². The fourth-order valence-electron chi connectivity index (χ4n) is 5.37. The van der Waals surface area contributed by atoms with Gasteiger partial charge in [-0.25, -0.2) is 14.6 Å². The van der Waals surface area contributed by atoms with Gasteiger partial charge in [0.1, 0.15) is 19.0 Å². The maximum atomic E-state index is 13.6. The van der Waals surface area contributed by atoms with Gasteiger partial charge in [0.05, 0.1) is 30.5 Å². The van der Waals surface area contributed by atoms with Crippen molar-refractivity contribution in [1.29, 1.82) is 0 Å². The number of imidazole rings is 1. The Hall–Kier alpha value is -5.63. The lowest BCUT2D eigenvalue weighted by molar-refractivity contribution is -0.138. The van der Waals surface area contributed by atoms with Crippen LogP contribution in [-0.4, -0.2) is 41.8 Å². The van der Waals surface area contributed by atoms with Crippen LogP contribution in [0.1, 0.15) is 42.0 Å². The van der Waals surface area contributed by atoms with Crippen LogP contribution in [0.25, 0.3) is 12.2 Å². The van der Waals surface area contributed by atoms with E-state index in [4.69, 9.17) is 14.2 Å². The van der Waals surface area contributed by atoms with Gasteiger partial charge in [0, 0.05) is 30.3 Å². The van der Waals surface area contributed by atoms with Crippen molar-refractivity contribution in [3.05, 3.63) is 155 Å². The Kier molecular flexibility index (Phi) is 10.6. The number of hydrogen-bond donors (Lipinski definition) is 1. The molecule has 1 unspecified atom stereocenters. The largest absolute Gasteiger partial charge is 0.490 e. The Balaban J connectivity index is 1.29. The fraction of sp³-hybridized carbons (Fsp3) is 0.184. The third-order valence-electron chi connectivity index (χ3n) is 7.56. The Morgan fingerprint density at radius 3 is 2.24 bits per heavy atom. The molecule has 46 heavy (non-hydrogen) atoms. The number of esters is 2. The van der Waals surface area contributed by atoms with Crippen molar-refractivity contribution in [2.24, 2.45) is 0 Å². The molecule has 1 N–H and O–H groups in total. The van der Waals surface area contributed by atoms with Crippen LogP contribution in [0.4, 0.5) is 0 Å². The quantitative estimate of drug-likeness (QED) is 0.178. The highest BCUT2D eigenvalue weighted by Crippen LogP contribution is 2.40. The molecule has 1 aromatic heterocycles. The van der Waals surface area contributed by atoms with Crippen LogP contribution in [0.15, 0.2) is 132 Å². The normalized spacial score (nSPS) is 14.9. The van der Waals surface area contributed by atoms with E-state index in [-0.39, 0.29) is 6.61 Å². The van der Waals surface area contributed by atoms with Crippen LogP contribution in [0, 0.1) is 0 Å². The number of nitrogens with zero attached hydrogens (tertiary/aromatic N) is 2. The molecule has 0 spiro atoms. The van der Waals surface area contributed by atoms with E-state index in [1.54, 1.807) is 32.4 Å². The number of aromatic nitrogens is 2. The summed E-state index contributed by atoms with van der Waals surface area (Å²) >= 11 is 0. The third kappa shape index (κ3) is 8.09. The molecule has 2 heterocycles. The average Bonchev–Trinajstić information content (AvgIpc) is 3.59. The first-order chi connectivity index (χ1) is 22.4. The summed E-state index contributed by atoms with van der Waals surface area (Å²) in [5.41, 5.74) is 5.83. The van der Waals surface area contributed by atoms with Crippen LogP contribution in [0.2, 0.25) is 0 Å². The number of hydrogen-bond acceptors (Lipinski definition) is 7. The first kappa shape index (κ1) is 31.8. The Bertz CT molecular complexity index is 1770. The molecule has 234 valence electrons. The summed E-state index contributed by atoms with van der Waals surface area (Å²) in [4.78, 5) is 30.7. The number of benzene rings is 3. The number of methoxy groups -OCH3 is 1. The first-order valence-electron chi connectivity index (χ1n) is 15.0. The average molecular weight is 616 g/mol. The van der Waals surface area contributed by atoms with E-state index in [0.29, 0.717) is 40.5 Å². The predicted octanol–water partition coefficient (Wildman–Crippen LogP) is 6.69. The van der Waals surface area contributed by atoms with Gasteiger partial charge in [0.15, 0.2) is 0 Å². The number of rotatable bonds is 12. The zero-order valence-corrected chi connectivity index (χ0v) is 26.2. The molecule has 5 rings (SSSR count). The molecule has 0 aliphatic carbocycles. The van der Waals surface area contributed by atoms with Crippen LogP contribution in [-0.2, 0) is 25.6 Å². The monoisotopic (exact) mass is 615 g/mol. The molecule has 3 aromatic carbocycles. The van der Waals surface area contributed by atoms with Crippen molar-refractivity contribution in [2.75, 3.05) is 20.3 Å². The lowest BCUT2D eigenvalue weighted by Crippen LogP contribution is -2.32. The molecule has 0 saturated heterocycles. The predicted molar refractivity (Wildman–Crippen MR) is 178 cm³/mol. The third-order valence-corrected chi connectivity index (χ3v) is 7.56. The number of ether oxygens (including phenoxy) is 3. The zero-order chi connectivity index (χ0) is 32.3. The Labute approximate surface area is 269 Å². The van der Waals surface area contributed by atoms with Crippen molar-refractivity contribution < 1.29 is 23.8 Å². The van der Waals surface area contributed by atoms with Crippen LogP contribution in [0.5, 0.6) is 5.75 Å². The number of carbonyl (C=O) groups excluding carboxylic acids is 2. The molecule has 0 bridgehead atoms. The van der Waals surface area contributed by atoms with Crippen molar-refractivity contribution in [1.82, 2.24) is 14.9 Å². The molecular formula is C38H37N3O5. The highest BCUT2D eigenvalue weighted by Gasteiger charge is 2.37. The smallest absolute Gasteiger partial charge is 0.337 e. The van der Waals surface area contributed by atoms with Gasteiger partial charge in [-0.1, -0.05) is 78.9 Å². The lowest BCUT2D eigenvalue weighted by Gasteiger charge is -2.30. The molecule has 0 amide bonds. The van der Waals surface area contributed by atoms with Gasteiger partial charge in [-0.15, -0.1) is 0 Å². The second-order valence-electron chi connectivity index (χ2n) is 10.8. The minimum absolute atomic E-state index is 0.0618. The number of nitrogens with one attached hydrogen (secondary N) is 1. The molecule has 8 nitrogen and oxygen atoms in total. The summed E-state index contributed by atoms with van der Waals surface area (Å²) in [5.74, 6) is -1.15. The summed E-state index contributed by atoms with van der Waals surface area (Å²) in [7, 11) is 1.33. The molecule has 1 aliphatic rings. The molecule has 8 heteroatoms. The molecule has 0 saturated carbocycles. The molecule has 1 aliphatic heterocycles. The maximum Gasteiger partial charge on any atom is 0.337 e. The van der Waals surface area contributed by atoms with E-state index in [2.05, 4.69) is 22.4 Å². The van der Waals surface area contributed by atoms with Crippen molar-refractivity contribution in [3.63, 3.8) is 0 Å². The summed E-state index contributed by atoms with van der Waals surface area (Å²) in [6.45, 7) is 4.76. The van der Waals surface area contributed by atoms with Crippen LogP contribution >= 0.6 is 0 Å². The maximum absolute atomic E-state index is 13.6. The summed E-state index contributed by atoms with van der Waals surface area (Å²) < 4.78 is 18.9. The van der Waals surface area contributed by atoms with E-state index in [9.17, 15) is 9.59 Å². The van der Waals surface area contributed by atoms with E-state index >= 15 is 0 Å². The SMILES string of the molecule is COC(=O)C1=C(C)NC(C)=C(C(=O)OCC=Cc2ccc(Cn3ccnc3)cc2)C1c1cccc(OCC=Cc2ccccc2)c1. The molecule has 0 radical (unpaired) electrons. The zero-order valence-electron chi connectivity index (χ0n) is 26.2. The lowest BCUT2D eigenvalue weighted by atomic mass is 9.80. The Morgan fingerprint density at radius 2 is 1.54 bits per heavy atom. The minimum atomic E-state index is -0.711. The van der Waals surface area contributed by atoms with Crippen LogP contribution in [0.3, 0.4) is 0 Å². The van der Waals surface area contributed by atoms with Gasteiger partial charge in [0.2, 0.25) is 0 Å². The second-order valence-corrected chi connectivity index (χ2v) is 10.8. The Morgan fingerprint density at radius 1 is 0.848 bits per heavy atom. The van der Waals surface area contributed by atoms with E-state index in [1.165, 1.54) is 7.11 Å².